The topological polar surface area (TPSA) is 55.4 Å². The van der Waals surface area contributed by atoms with Gasteiger partial charge < -0.3 is 10.1 Å². The summed E-state index contributed by atoms with van der Waals surface area (Å²) in [5.41, 5.74) is 4.48. The number of carbonyl (C=O) groups is 2. The standard InChI is InChI=1S/C26H27NO3/c1-18(2)22-16-10-11-19(3)25(22)27-23(28)17-30-26(29)24(20-12-6-4-7-13-20)21-14-8-5-9-15-21/h4-16,18,24H,17H2,1-3H3,(H,27,28). The van der Waals surface area contributed by atoms with Crippen LogP contribution >= 0.6 is 0 Å². The first-order valence-corrected chi connectivity index (χ1v) is 10.1. The van der Waals surface area contributed by atoms with E-state index in [9.17, 15) is 9.59 Å². The second-order valence-corrected chi connectivity index (χ2v) is 7.60. The molecule has 0 fully saturated rings. The average molecular weight is 402 g/mol. The third kappa shape index (κ3) is 5.15. The molecular weight excluding hydrogens is 374 g/mol. The molecule has 1 N–H and O–H groups in total. The summed E-state index contributed by atoms with van der Waals surface area (Å²) in [4.78, 5) is 25.5. The van der Waals surface area contributed by atoms with Crippen LogP contribution < -0.4 is 5.32 Å². The summed E-state index contributed by atoms with van der Waals surface area (Å²) in [6.07, 6.45) is 0. The molecular formula is C26H27NO3. The van der Waals surface area contributed by atoms with Gasteiger partial charge in [0.25, 0.3) is 5.91 Å². The number of rotatable bonds is 7. The van der Waals surface area contributed by atoms with Gasteiger partial charge in [-0.05, 0) is 35.1 Å². The lowest BCUT2D eigenvalue weighted by molar-refractivity contribution is -0.147. The SMILES string of the molecule is Cc1cccc(C(C)C)c1NC(=O)COC(=O)C(c1ccccc1)c1ccccc1. The van der Waals surface area contributed by atoms with Crippen molar-refractivity contribution in [3.05, 3.63) is 101 Å². The van der Waals surface area contributed by atoms with Crippen LogP contribution in [0, 0.1) is 6.92 Å². The minimum atomic E-state index is -0.579. The number of hydrogen-bond acceptors (Lipinski definition) is 3. The number of aryl methyl sites for hydroxylation is 1. The van der Waals surface area contributed by atoms with Gasteiger partial charge in [0.05, 0.1) is 0 Å². The molecule has 0 radical (unpaired) electrons. The fraction of sp³-hybridized carbons (Fsp3) is 0.231. The molecule has 1 amide bonds. The number of benzene rings is 3. The van der Waals surface area contributed by atoms with Crippen molar-refractivity contribution < 1.29 is 14.3 Å². The number of nitrogens with one attached hydrogen (secondary N) is 1. The molecule has 0 bridgehead atoms. The van der Waals surface area contributed by atoms with Crippen molar-refractivity contribution in [3.63, 3.8) is 0 Å². The average Bonchev–Trinajstić information content (AvgIpc) is 2.75. The maximum absolute atomic E-state index is 12.9. The van der Waals surface area contributed by atoms with Crippen LogP contribution in [0.2, 0.25) is 0 Å². The zero-order chi connectivity index (χ0) is 21.5. The van der Waals surface area contributed by atoms with Gasteiger partial charge in [-0.25, -0.2) is 0 Å². The second kappa shape index (κ2) is 9.88. The van der Waals surface area contributed by atoms with Gasteiger partial charge in [-0.1, -0.05) is 92.7 Å². The molecule has 3 aromatic rings. The van der Waals surface area contributed by atoms with Gasteiger partial charge in [-0.2, -0.15) is 0 Å². The maximum Gasteiger partial charge on any atom is 0.318 e. The van der Waals surface area contributed by atoms with Crippen molar-refractivity contribution in [2.24, 2.45) is 0 Å². The van der Waals surface area contributed by atoms with Gasteiger partial charge in [-0.15, -0.1) is 0 Å². The Morgan fingerprint density at radius 3 is 1.93 bits per heavy atom. The van der Waals surface area contributed by atoms with Crippen LogP contribution in [0.25, 0.3) is 0 Å². The molecule has 3 rings (SSSR count). The quantitative estimate of drug-likeness (QED) is 0.537. The third-order valence-corrected chi connectivity index (χ3v) is 5.04. The fourth-order valence-electron chi connectivity index (χ4n) is 3.49. The highest BCUT2D eigenvalue weighted by atomic mass is 16.5. The summed E-state index contributed by atoms with van der Waals surface area (Å²) in [6, 6.07) is 24.8. The molecule has 0 aliphatic carbocycles. The Morgan fingerprint density at radius 1 is 0.833 bits per heavy atom. The van der Waals surface area contributed by atoms with Crippen LogP contribution in [0.5, 0.6) is 0 Å². The fourth-order valence-corrected chi connectivity index (χ4v) is 3.49. The second-order valence-electron chi connectivity index (χ2n) is 7.60. The predicted octanol–water partition coefficient (Wildman–Crippen LogP) is 5.43. The largest absolute Gasteiger partial charge is 0.455 e. The Hall–Kier alpha value is -3.40. The van der Waals surface area contributed by atoms with Crippen LogP contribution in [-0.4, -0.2) is 18.5 Å². The molecule has 0 aliphatic rings. The maximum atomic E-state index is 12.9. The minimum Gasteiger partial charge on any atom is -0.455 e. The summed E-state index contributed by atoms with van der Waals surface area (Å²) in [5, 5.41) is 2.92. The molecule has 0 unspecified atom stereocenters. The molecule has 0 heterocycles. The summed E-state index contributed by atoms with van der Waals surface area (Å²) in [7, 11) is 0. The molecule has 0 spiro atoms. The predicted molar refractivity (Wildman–Crippen MR) is 120 cm³/mol. The smallest absolute Gasteiger partial charge is 0.318 e. The molecule has 3 aromatic carbocycles. The number of para-hydroxylation sites is 1. The van der Waals surface area contributed by atoms with E-state index in [-0.39, 0.29) is 18.4 Å². The number of hydrogen-bond donors (Lipinski definition) is 1. The van der Waals surface area contributed by atoms with E-state index in [1.807, 2.05) is 85.8 Å². The van der Waals surface area contributed by atoms with Crippen molar-refractivity contribution in [2.75, 3.05) is 11.9 Å². The van der Waals surface area contributed by atoms with E-state index in [0.717, 1.165) is 27.9 Å². The van der Waals surface area contributed by atoms with Gasteiger partial charge in [0, 0.05) is 5.69 Å². The Labute approximate surface area is 177 Å². The van der Waals surface area contributed by atoms with Gasteiger partial charge in [0.15, 0.2) is 6.61 Å². The minimum absolute atomic E-state index is 0.267. The first kappa shape index (κ1) is 21.3. The summed E-state index contributed by atoms with van der Waals surface area (Å²) < 4.78 is 5.44. The van der Waals surface area contributed by atoms with Crippen molar-refractivity contribution >= 4 is 17.6 Å². The van der Waals surface area contributed by atoms with Crippen molar-refractivity contribution in [2.45, 2.75) is 32.6 Å². The molecule has 0 aliphatic heterocycles. The monoisotopic (exact) mass is 401 g/mol. The Bertz CT molecular complexity index is 958. The highest BCUT2D eigenvalue weighted by Crippen LogP contribution is 2.28. The van der Waals surface area contributed by atoms with E-state index in [1.165, 1.54) is 0 Å². The molecule has 4 nitrogen and oxygen atoms in total. The van der Waals surface area contributed by atoms with Gasteiger partial charge in [0.1, 0.15) is 5.92 Å². The highest BCUT2D eigenvalue weighted by molar-refractivity contribution is 5.95. The van der Waals surface area contributed by atoms with E-state index in [2.05, 4.69) is 19.2 Å². The Morgan fingerprint density at radius 2 is 1.40 bits per heavy atom. The highest BCUT2D eigenvalue weighted by Gasteiger charge is 2.25. The first-order chi connectivity index (χ1) is 14.5. The zero-order valence-electron chi connectivity index (χ0n) is 17.6. The van der Waals surface area contributed by atoms with E-state index < -0.39 is 11.9 Å². The van der Waals surface area contributed by atoms with Crippen molar-refractivity contribution in [1.82, 2.24) is 0 Å². The Kier molecular flexibility index (Phi) is 7.02. The summed E-state index contributed by atoms with van der Waals surface area (Å²) in [5.74, 6) is -1.11. The summed E-state index contributed by atoms with van der Waals surface area (Å²) in [6.45, 7) is 5.78. The van der Waals surface area contributed by atoms with Crippen molar-refractivity contribution in [3.8, 4) is 0 Å². The van der Waals surface area contributed by atoms with Crippen molar-refractivity contribution in [1.29, 1.82) is 0 Å². The lowest BCUT2D eigenvalue weighted by Crippen LogP contribution is -2.25. The third-order valence-electron chi connectivity index (χ3n) is 5.04. The van der Waals surface area contributed by atoms with E-state index in [0.29, 0.717) is 0 Å². The van der Waals surface area contributed by atoms with Crippen LogP contribution in [-0.2, 0) is 14.3 Å². The summed E-state index contributed by atoms with van der Waals surface area (Å²) >= 11 is 0. The number of esters is 1. The number of amides is 1. The normalized spacial score (nSPS) is 10.8. The van der Waals surface area contributed by atoms with E-state index in [1.54, 1.807) is 0 Å². The van der Waals surface area contributed by atoms with Crippen LogP contribution in [0.1, 0.15) is 47.9 Å². The number of anilines is 1. The molecule has 0 aromatic heterocycles. The molecule has 0 saturated carbocycles. The number of carbonyl (C=O) groups excluding carboxylic acids is 2. The molecule has 0 atom stereocenters. The first-order valence-electron chi connectivity index (χ1n) is 10.1. The lowest BCUT2D eigenvalue weighted by Gasteiger charge is -2.18. The lowest BCUT2D eigenvalue weighted by atomic mass is 9.91. The molecule has 30 heavy (non-hydrogen) atoms. The van der Waals surface area contributed by atoms with Crippen LogP contribution in [0.15, 0.2) is 78.9 Å². The zero-order valence-corrected chi connectivity index (χ0v) is 17.6. The van der Waals surface area contributed by atoms with Crippen LogP contribution in [0.3, 0.4) is 0 Å². The van der Waals surface area contributed by atoms with Gasteiger partial charge in [-0.3, -0.25) is 9.59 Å². The van der Waals surface area contributed by atoms with E-state index in [4.69, 9.17) is 4.74 Å². The Balaban J connectivity index is 1.73. The van der Waals surface area contributed by atoms with Crippen LogP contribution in [0.4, 0.5) is 5.69 Å². The van der Waals surface area contributed by atoms with E-state index >= 15 is 0 Å². The molecule has 154 valence electrons. The number of ether oxygens (including phenoxy) is 1. The molecule has 0 saturated heterocycles. The van der Waals surface area contributed by atoms with Gasteiger partial charge in [0.2, 0.25) is 0 Å². The van der Waals surface area contributed by atoms with Gasteiger partial charge >= 0.3 is 5.97 Å². The molecule has 4 heteroatoms.